The van der Waals surface area contributed by atoms with Gasteiger partial charge in [0.05, 0.1) is 17.4 Å². The molecule has 2 aliphatic rings. The Morgan fingerprint density at radius 2 is 1.80 bits per heavy atom. The lowest BCUT2D eigenvalue weighted by atomic mass is 9.93. The van der Waals surface area contributed by atoms with E-state index in [0.717, 1.165) is 31.4 Å². The smallest absolute Gasteiger partial charge is 0.325 e. The fraction of sp³-hybridized carbons (Fsp3) is 0.429. The van der Waals surface area contributed by atoms with E-state index in [2.05, 4.69) is 15.3 Å². The van der Waals surface area contributed by atoms with Crippen molar-refractivity contribution in [1.29, 1.82) is 0 Å². The van der Waals surface area contributed by atoms with Crippen molar-refractivity contribution in [3.8, 4) is 6.01 Å². The second-order valence-electron chi connectivity index (χ2n) is 7.53. The van der Waals surface area contributed by atoms with Gasteiger partial charge < -0.3 is 15.0 Å². The number of anilines is 1. The van der Waals surface area contributed by atoms with Crippen molar-refractivity contribution in [3.63, 3.8) is 0 Å². The van der Waals surface area contributed by atoms with Crippen molar-refractivity contribution in [2.75, 3.05) is 24.5 Å². The third-order valence-corrected chi connectivity index (χ3v) is 5.60. The van der Waals surface area contributed by atoms with Crippen molar-refractivity contribution in [1.82, 2.24) is 20.2 Å². The van der Waals surface area contributed by atoms with Gasteiger partial charge in [0.25, 0.3) is 0 Å². The Hall–Kier alpha value is -2.87. The summed E-state index contributed by atoms with van der Waals surface area (Å²) in [5.41, 5.74) is 0.855. The van der Waals surface area contributed by atoms with E-state index in [9.17, 15) is 9.59 Å². The molecule has 8 nitrogen and oxygen atoms in total. The van der Waals surface area contributed by atoms with Crippen LogP contribution in [0.25, 0.3) is 0 Å². The van der Waals surface area contributed by atoms with Gasteiger partial charge in [0.2, 0.25) is 5.91 Å². The molecule has 0 atom stereocenters. The van der Waals surface area contributed by atoms with Crippen molar-refractivity contribution in [2.24, 2.45) is 0 Å². The second-order valence-corrected chi connectivity index (χ2v) is 7.97. The van der Waals surface area contributed by atoms with E-state index in [1.165, 1.54) is 12.4 Å². The van der Waals surface area contributed by atoms with E-state index >= 15 is 0 Å². The van der Waals surface area contributed by atoms with Gasteiger partial charge in [-0.3, -0.25) is 9.69 Å². The molecular weight excluding hydrogens is 406 g/mol. The molecule has 4 rings (SSSR count). The van der Waals surface area contributed by atoms with E-state index in [-0.39, 0.29) is 30.6 Å². The highest BCUT2D eigenvalue weighted by atomic mass is 35.5. The maximum absolute atomic E-state index is 12.6. The Labute approximate surface area is 180 Å². The Morgan fingerprint density at radius 1 is 1.10 bits per heavy atom. The first-order valence-electron chi connectivity index (χ1n) is 10.1. The molecule has 30 heavy (non-hydrogen) atoms. The van der Waals surface area contributed by atoms with Gasteiger partial charge in [0.15, 0.2) is 0 Å². The predicted molar refractivity (Wildman–Crippen MR) is 113 cm³/mol. The fourth-order valence-electron chi connectivity index (χ4n) is 3.86. The molecule has 1 aromatic carbocycles. The van der Waals surface area contributed by atoms with Crippen LogP contribution in [0.5, 0.6) is 6.01 Å². The Kier molecular flexibility index (Phi) is 6.32. The molecule has 1 saturated carbocycles. The largest absolute Gasteiger partial charge is 0.460 e. The minimum Gasteiger partial charge on any atom is -0.460 e. The Balaban J connectivity index is 1.21. The summed E-state index contributed by atoms with van der Waals surface area (Å²) in [5.74, 6) is -0.122. The number of amides is 3. The number of carbonyl (C=O) groups is 2. The number of carbonyl (C=O) groups excluding carboxylic acids is 2. The maximum Gasteiger partial charge on any atom is 0.325 e. The summed E-state index contributed by atoms with van der Waals surface area (Å²) in [4.78, 5) is 36.5. The van der Waals surface area contributed by atoms with Crippen LogP contribution in [-0.2, 0) is 4.79 Å². The molecule has 0 spiro atoms. The first-order valence-corrected chi connectivity index (χ1v) is 10.5. The number of rotatable bonds is 6. The lowest BCUT2D eigenvalue weighted by Gasteiger charge is -2.29. The third-order valence-electron chi connectivity index (χ3n) is 5.41. The maximum atomic E-state index is 12.6. The number of benzene rings is 1. The van der Waals surface area contributed by atoms with Crippen LogP contribution in [0.15, 0.2) is 42.7 Å². The number of urea groups is 1. The summed E-state index contributed by atoms with van der Waals surface area (Å²) in [6.45, 7) is 1.21. The van der Waals surface area contributed by atoms with Gasteiger partial charge >= 0.3 is 12.0 Å². The molecule has 1 saturated heterocycles. The normalized spacial score (nSPS) is 21.6. The molecule has 0 unspecified atom stereocenters. The molecule has 1 aliphatic carbocycles. The van der Waals surface area contributed by atoms with Crippen LogP contribution in [0.4, 0.5) is 10.5 Å². The first-order chi connectivity index (χ1) is 14.6. The van der Waals surface area contributed by atoms with Crippen molar-refractivity contribution < 1.29 is 14.3 Å². The molecule has 0 radical (unpaired) electrons. The minimum atomic E-state index is -0.128. The van der Waals surface area contributed by atoms with Gasteiger partial charge in [-0.25, -0.2) is 14.8 Å². The lowest BCUT2D eigenvalue weighted by molar-refractivity contribution is -0.122. The highest BCUT2D eigenvalue weighted by molar-refractivity contribution is 6.30. The van der Waals surface area contributed by atoms with Crippen LogP contribution in [0.2, 0.25) is 5.02 Å². The standard InChI is InChI=1S/C21H24ClN5O3/c22-15-12-23-20(24-13-15)30-18-8-6-16(7-9-18)25-19(28)14-26-10-11-27(21(26)29)17-4-2-1-3-5-17/h1-5,12-13,16,18H,6-11,14H2,(H,25,28). The molecule has 1 aliphatic heterocycles. The molecule has 1 aromatic heterocycles. The molecule has 2 heterocycles. The molecule has 1 N–H and O–H groups in total. The Bertz CT molecular complexity index is 872. The van der Waals surface area contributed by atoms with E-state index in [1.54, 1.807) is 9.80 Å². The molecule has 3 amide bonds. The van der Waals surface area contributed by atoms with Gasteiger partial charge in [-0.05, 0) is 37.8 Å². The molecule has 2 fully saturated rings. The number of hydrogen-bond acceptors (Lipinski definition) is 5. The highest BCUT2D eigenvalue weighted by Crippen LogP contribution is 2.23. The molecule has 158 valence electrons. The topological polar surface area (TPSA) is 87.7 Å². The molecule has 9 heteroatoms. The summed E-state index contributed by atoms with van der Waals surface area (Å²) in [6.07, 6.45) is 6.28. The van der Waals surface area contributed by atoms with Gasteiger partial charge in [-0.2, -0.15) is 0 Å². The van der Waals surface area contributed by atoms with Crippen molar-refractivity contribution in [2.45, 2.75) is 37.8 Å². The van der Waals surface area contributed by atoms with Gasteiger partial charge in [0.1, 0.15) is 12.6 Å². The van der Waals surface area contributed by atoms with E-state index in [1.807, 2.05) is 30.3 Å². The van der Waals surface area contributed by atoms with Crippen LogP contribution in [0, 0.1) is 0 Å². The van der Waals surface area contributed by atoms with E-state index in [4.69, 9.17) is 16.3 Å². The zero-order chi connectivity index (χ0) is 20.9. The van der Waals surface area contributed by atoms with Gasteiger partial charge in [-0.1, -0.05) is 29.8 Å². The number of halogens is 1. The number of hydrogen-bond donors (Lipinski definition) is 1. The monoisotopic (exact) mass is 429 g/mol. The minimum absolute atomic E-state index is 0.0268. The van der Waals surface area contributed by atoms with Crippen LogP contribution >= 0.6 is 11.6 Å². The Morgan fingerprint density at radius 3 is 2.50 bits per heavy atom. The quantitative estimate of drug-likeness (QED) is 0.762. The predicted octanol–water partition coefficient (Wildman–Crippen LogP) is 2.88. The average Bonchev–Trinajstić information content (AvgIpc) is 3.12. The van der Waals surface area contributed by atoms with Crippen LogP contribution in [0.1, 0.15) is 25.7 Å². The zero-order valence-corrected chi connectivity index (χ0v) is 17.3. The number of nitrogens with one attached hydrogen (secondary N) is 1. The van der Waals surface area contributed by atoms with Crippen LogP contribution < -0.4 is 15.0 Å². The molecule has 0 bridgehead atoms. The average molecular weight is 430 g/mol. The molecule has 2 aromatic rings. The summed E-state index contributed by atoms with van der Waals surface area (Å²) in [6, 6.07) is 9.80. The first kappa shape index (κ1) is 20.4. The number of para-hydroxylation sites is 1. The summed E-state index contributed by atoms with van der Waals surface area (Å²) in [5, 5.41) is 3.53. The van der Waals surface area contributed by atoms with E-state index in [0.29, 0.717) is 24.1 Å². The SMILES string of the molecule is O=C(CN1CCN(c2ccccc2)C1=O)NC1CCC(Oc2ncc(Cl)cn2)CC1. The third kappa shape index (κ3) is 4.99. The molecular formula is C21H24ClN5O3. The van der Waals surface area contributed by atoms with Gasteiger partial charge in [0, 0.05) is 24.8 Å². The van der Waals surface area contributed by atoms with E-state index < -0.39 is 0 Å². The highest BCUT2D eigenvalue weighted by Gasteiger charge is 2.31. The number of nitrogens with zero attached hydrogens (tertiary/aromatic N) is 4. The summed E-state index contributed by atoms with van der Waals surface area (Å²) < 4.78 is 5.79. The van der Waals surface area contributed by atoms with Crippen LogP contribution in [0.3, 0.4) is 0 Å². The summed E-state index contributed by atoms with van der Waals surface area (Å²) in [7, 11) is 0. The van der Waals surface area contributed by atoms with Crippen LogP contribution in [-0.4, -0.2) is 58.6 Å². The van der Waals surface area contributed by atoms with Crippen molar-refractivity contribution in [3.05, 3.63) is 47.7 Å². The lowest BCUT2D eigenvalue weighted by Crippen LogP contribution is -2.45. The number of ether oxygens (including phenoxy) is 1. The summed E-state index contributed by atoms with van der Waals surface area (Å²) >= 11 is 5.78. The number of aromatic nitrogens is 2. The van der Waals surface area contributed by atoms with Gasteiger partial charge in [-0.15, -0.1) is 0 Å². The zero-order valence-electron chi connectivity index (χ0n) is 16.5. The van der Waals surface area contributed by atoms with Crippen molar-refractivity contribution >= 4 is 29.2 Å². The fourth-order valence-corrected chi connectivity index (χ4v) is 3.96. The second kappa shape index (κ2) is 9.30.